The van der Waals surface area contributed by atoms with Crippen LogP contribution in [0.15, 0.2) is 103 Å². The number of benzene rings is 5. The molecule has 0 bridgehead atoms. The van der Waals surface area contributed by atoms with Crippen LogP contribution in [0, 0.1) is 0 Å². The van der Waals surface area contributed by atoms with Gasteiger partial charge >= 0.3 is 7.12 Å². The smallest absolute Gasteiger partial charge is 0.399 e. The average molecular weight is 456 g/mol. The first kappa shape index (κ1) is 22.1. The van der Waals surface area contributed by atoms with Crippen molar-refractivity contribution in [2.24, 2.45) is 0 Å². The van der Waals surface area contributed by atoms with Gasteiger partial charge in [-0.3, -0.25) is 0 Å². The first-order chi connectivity index (χ1) is 16.8. The monoisotopic (exact) mass is 456 g/mol. The molecule has 0 spiro atoms. The fourth-order valence-electron chi connectivity index (χ4n) is 5.09. The van der Waals surface area contributed by atoms with Crippen LogP contribution in [0.1, 0.15) is 27.7 Å². The maximum absolute atomic E-state index is 6.32. The highest BCUT2D eigenvalue weighted by Crippen LogP contribution is 2.39. The second-order valence-electron chi connectivity index (χ2n) is 10.4. The molecular weight excluding hydrogens is 427 g/mol. The lowest BCUT2D eigenvalue weighted by Gasteiger charge is -2.32. The molecule has 1 saturated heterocycles. The molecule has 0 aliphatic carbocycles. The van der Waals surface area contributed by atoms with E-state index < -0.39 is 0 Å². The molecule has 5 aromatic carbocycles. The Kier molecular flexibility index (Phi) is 5.10. The molecule has 2 nitrogen and oxygen atoms in total. The van der Waals surface area contributed by atoms with Gasteiger partial charge in [0.2, 0.25) is 0 Å². The minimum absolute atomic E-state index is 0.361. The predicted octanol–water partition coefficient (Wildman–Crippen LogP) is 7.63. The van der Waals surface area contributed by atoms with Crippen molar-refractivity contribution in [2.45, 2.75) is 38.9 Å². The van der Waals surface area contributed by atoms with E-state index in [1.807, 2.05) is 0 Å². The molecule has 0 aromatic heterocycles. The van der Waals surface area contributed by atoms with Crippen molar-refractivity contribution in [2.75, 3.05) is 0 Å². The fourth-order valence-corrected chi connectivity index (χ4v) is 5.09. The Morgan fingerprint density at radius 2 is 1.03 bits per heavy atom. The zero-order valence-electron chi connectivity index (χ0n) is 20.7. The molecule has 1 fully saturated rings. The summed E-state index contributed by atoms with van der Waals surface area (Å²) in [6.45, 7) is 8.37. The molecule has 35 heavy (non-hydrogen) atoms. The highest BCUT2D eigenvalue weighted by Gasteiger charge is 2.51. The normalized spacial score (nSPS) is 16.7. The van der Waals surface area contributed by atoms with Gasteiger partial charge < -0.3 is 9.31 Å². The molecule has 0 atom stereocenters. The Morgan fingerprint density at radius 1 is 0.514 bits per heavy atom. The highest BCUT2D eigenvalue weighted by atomic mass is 16.7. The summed E-state index contributed by atoms with van der Waals surface area (Å²) in [7, 11) is -0.374. The van der Waals surface area contributed by atoms with Crippen LogP contribution in [0.5, 0.6) is 0 Å². The van der Waals surface area contributed by atoms with E-state index in [4.69, 9.17) is 9.31 Å². The van der Waals surface area contributed by atoms with Gasteiger partial charge in [0.05, 0.1) is 11.2 Å². The van der Waals surface area contributed by atoms with Gasteiger partial charge in [0.1, 0.15) is 0 Å². The summed E-state index contributed by atoms with van der Waals surface area (Å²) in [6.07, 6.45) is 0. The predicted molar refractivity (Wildman–Crippen MR) is 148 cm³/mol. The van der Waals surface area contributed by atoms with Crippen molar-refractivity contribution in [3.05, 3.63) is 103 Å². The van der Waals surface area contributed by atoms with Gasteiger partial charge in [0.25, 0.3) is 0 Å². The third-order valence-electron chi connectivity index (χ3n) is 7.72. The Balaban J connectivity index is 1.47. The third-order valence-corrected chi connectivity index (χ3v) is 7.72. The van der Waals surface area contributed by atoms with Gasteiger partial charge in [-0.1, -0.05) is 103 Å². The van der Waals surface area contributed by atoms with Gasteiger partial charge in [-0.05, 0) is 77.0 Å². The highest BCUT2D eigenvalue weighted by molar-refractivity contribution is 6.62. The number of hydrogen-bond donors (Lipinski definition) is 0. The minimum Gasteiger partial charge on any atom is -0.399 e. The van der Waals surface area contributed by atoms with E-state index >= 15 is 0 Å². The second kappa shape index (κ2) is 8.08. The topological polar surface area (TPSA) is 18.5 Å². The SMILES string of the molecule is CC1(C)OB(c2cccc(-c3cccc4c(-c5cccc6ccccc56)cccc34)c2)OC1(C)C. The molecule has 0 amide bonds. The Hall–Kier alpha value is -3.40. The van der Waals surface area contributed by atoms with Crippen LogP contribution in [-0.4, -0.2) is 18.3 Å². The lowest BCUT2D eigenvalue weighted by Crippen LogP contribution is -2.41. The first-order valence-corrected chi connectivity index (χ1v) is 12.3. The van der Waals surface area contributed by atoms with Gasteiger partial charge in [-0.25, -0.2) is 0 Å². The van der Waals surface area contributed by atoms with Gasteiger partial charge in [0, 0.05) is 0 Å². The molecule has 0 radical (unpaired) electrons. The number of fused-ring (bicyclic) bond motifs is 2. The lowest BCUT2D eigenvalue weighted by atomic mass is 9.77. The van der Waals surface area contributed by atoms with Crippen molar-refractivity contribution in [3.8, 4) is 22.3 Å². The van der Waals surface area contributed by atoms with E-state index in [-0.39, 0.29) is 18.3 Å². The van der Waals surface area contributed by atoms with E-state index in [1.165, 1.54) is 38.2 Å². The largest absolute Gasteiger partial charge is 0.494 e. The van der Waals surface area contributed by atoms with Crippen LogP contribution < -0.4 is 5.46 Å². The standard InChI is InChI=1S/C32H29BO2/c1-31(2)32(3,4)35-33(34-31)24-14-7-13-23(21-24)26-16-9-19-30-28(26)18-10-20-29(30)27-17-8-12-22-11-5-6-15-25(22)27/h5-21H,1-4H3. The lowest BCUT2D eigenvalue weighted by molar-refractivity contribution is 0.00578. The van der Waals surface area contributed by atoms with E-state index in [0.717, 1.165) is 11.0 Å². The molecule has 3 heteroatoms. The van der Waals surface area contributed by atoms with Crippen LogP contribution in [0.25, 0.3) is 43.8 Å². The number of hydrogen-bond acceptors (Lipinski definition) is 2. The summed E-state index contributed by atoms with van der Waals surface area (Å²) in [4.78, 5) is 0. The Morgan fingerprint density at radius 3 is 1.77 bits per heavy atom. The fraction of sp³-hybridized carbons (Fsp3) is 0.188. The Labute approximate surface area is 207 Å². The average Bonchev–Trinajstić information content (AvgIpc) is 3.09. The van der Waals surface area contributed by atoms with Gasteiger partial charge in [0.15, 0.2) is 0 Å². The van der Waals surface area contributed by atoms with Crippen molar-refractivity contribution < 1.29 is 9.31 Å². The van der Waals surface area contributed by atoms with E-state index in [2.05, 4.69) is 131 Å². The molecular formula is C32H29BO2. The summed E-state index contributed by atoms with van der Waals surface area (Å²) in [5.41, 5.74) is 5.21. The quantitative estimate of drug-likeness (QED) is 0.260. The molecule has 1 aliphatic rings. The third kappa shape index (κ3) is 3.67. The van der Waals surface area contributed by atoms with Crippen LogP contribution in [0.2, 0.25) is 0 Å². The van der Waals surface area contributed by atoms with Crippen LogP contribution in [0.3, 0.4) is 0 Å². The van der Waals surface area contributed by atoms with Gasteiger partial charge in [-0.15, -0.1) is 0 Å². The van der Waals surface area contributed by atoms with Crippen molar-refractivity contribution in [1.29, 1.82) is 0 Å². The molecule has 0 unspecified atom stereocenters. The molecule has 1 aliphatic heterocycles. The van der Waals surface area contributed by atoms with Crippen LogP contribution in [-0.2, 0) is 9.31 Å². The Bertz CT molecular complexity index is 1550. The minimum atomic E-state index is -0.374. The van der Waals surface area contributed by atoms with Gasteiger partial charge in [-0.2, -0.15) is 0 Å². The molecule has 0 saturated carbocycles. The van der Waals surface area contributed by atoms with E-state index in [0.29, 0.717) is 0 Å². The summed E-state index contributed by atoms with van der Waals surface area (Å²) in [5, 5.41) is 5.02. The maximum atomic E-state index is 6.32. The maximum Gasteiger partial charge on any atom is 0.494 e. The zero-order chi connectivity index (χ0) is 24.2. The van der Waals surface area contributed by atoms with Crippen molar-refractivity contribution in [3.63, 3.8) is 0 Å². The molecule has 5 aromatic rings. The zero-order valence-corrected chi connectivity index (χ0v) is 20.7. The summed E-state index contributed by atoms with van der Waals surface area (Å²) in [6, 6.07) is 36.9. The first-order valence-electron chi connectivity index (χ1n) is 12.3. The van der Waals surface area contributed by atoms with Crippen molar-refractivity contribution >= 4 is 34.1 Å². The molecule has 172 valence electrons. The molecule has 1 heterocycles. The van der Waals surface area contributed by atoms with Crippen LogP contribution >= 0.6 is 0 Å². The van der Waals surface area contributed by atoms with E-state index in [1.54, 1.807) is 0 Å². The molecule has 6 rings (SSSR count). The number of rotatable bonds is 3. The second-order valence-corrected chi connectivity index (χ2v) is 10.4. The summed E-state index contributed by atoms with van der Waals surface area (Å²) < 4.78 is 12.6. The molecule has 0 N–H and O–H groups in total. The summed E-state index contributed by atoms with van der Waals surface area (Å²) in [5.74, 6) is 0. The van der Waals surface area contributed by atoms with Crippen molar-refractivity contribution in [1.82, 2.24) is 0 Å². The van der Waals surface area contributed by atoms with Crippen LogP contribution in [0.4, 0.5) is 0 Å². The summed E-state index contributed by atoms with van der Waals surface area (Å²) >= 11 is 0. The van der Waals surface area contributed by atoms with E-state index in [9.17, 15) is 0 Å².